The van der Waals surface area contributed by atoms with Gasteiger partial charge in [0.2, 0.25) is 9.29 Å². The third-order valence-corrected chi connectivity index (χ3v) is 6.51. The van der Waals surface area contributed by atoms with Crippen molar-refractivity contribution in [1.29, 1.82) is 0 Å². The number of ether oxygens (including phenoxy) is 3. The van der Waals surface area contributed by atoms with Gasteiger partial charge in [-0.15, -0.1) is 0 Å². The zero-order valence-corrected chi connectivity index (χ0v) is 22.7. The van der Waals surface area contributed by atoms with E-state index >= 15 is 0 Å². The molecule has 0 aliphatic carbocycles. The van der Waals surface area contributed by atoms with Gasteiger partial charge in [-0.1, -0.05) is 94.9 Å². The number of nitrogens with zero attached hydrogens (tertiary/aromatic N) is 1. The number of likely N-dealkylation sites (tertiary alicyclic amines) is 1. The summed E-state index contributed by atoms with van der Waals surface area (Å²) in [4.78, 5) is 51.0. The number of hydrogen-bond donors (Lipinski definition) is 1. The van der Waals surface area contributed by atoms with E-state index in [1.54, 1.807) is 60.7 Å². The van der Waals surface area contributed by atoms with E-state index in [0.717, 1.165) is 4.90 Å². The maximum Gasteiger partial charge on any atom is 0.369 e. The van der Waals surface area contributed by atoms with Crippen LogP contribution in [0.25, 0.3) is 0 Å². The van der Waals surface area contributed by atoms with Crippen LogP contribution in [0.2, 0.25) is 0 Å². The van der Waals surface area contributed by atoms with Gasteiger partial charge in [-0.3, -0.25) is 14.5 Å². The van der Waals surface area contributed by atoms with Crippen LogP contribution in [0.5, 0.6) is 5.75 Å². The van der Waals surface area contributed by atoms with Crippen molar-refractivity contribution in [2.75, 3.05) is 13.2 Å². The van der Waals surface area contributed by atoms with Gasteiger partial charge in [0.25, 0.3) is 11.8 Å². The lowest BCUT2D eigenvalue weighted by atomic mass is 10.1. The molecule has 3 atom stereocenters. The molecule has 0 saturated carbocycles. The van der Waals surface area contributed by atoms with Gasteiger partial charge in [0.1, 0.15) is 30.4 Å². The summed E-state index contributed by atoms with van der Waals surface area (Å²) in [6, 6.07) is 16.2. The maximum absolute atomic E-state index is 12.9. The van der Waals surface area contributed by atoms with Gasteiger partial charge in [-0.2, -0.15) is 0 Å². The van der Waals surface area contributed by atoms with Gasteiger partial charge in [-0.25, -0.2) is 9.59 Å². The van der Waals surface area contributed by atoms with Gasteiger partial charge >= 0.3 is 11.3 Å². The van der Waals surface area contributed by atoms with E-state index in [2.05, 4.69) is 5.32 Å². The number of thioether (sulfide) groups is 1. The Bertz CT molecular complexity index is 1110. The van der Waals surface area contributed by atoms with E-state index in [-0.39, 0.29) is 6.61 Å². The van der Waals surface area contributed by atoms with Crippen molar-refractivity contribution in [3.05, 3.63) is 66.2 Å². The summed E-state index contributed by atoms with van der Waals surface area (Å²) in [5.74, 6) is -1.82. The molecular weight excluding hydrogens is 590 g/mol. The van der Waals surface area contributed by atoms with Gasteiger partial charge in [0, 0.05) is 0 Å². The molecule has 14 heteroatoms. The molecule has 2 amide bonds. The van der Waals surface area contributed by atoms with Crippen molar-refractivity contribution in [3.8, 4) is 5.75 Å². The quantitative estimate of drug-likeness (QED) is 0.184. The molecular formula is C23H20Cl4N2O7S. The minimum absolute atomic E-state index is 0.0784. The lowest BCUT2D eigenvalue weighted by Gasteiger charge is -2.47. The van der Waals surface area contributed by atoms with Gasteiger partial charge in [0.05, 0.1) is 0 Å². The first kappa shape index (κ1) is 29.2. The van der Waals surface area contributed by atoms with Crippen LogP contribution >= 0.6 is 58.2 Å². The fraction of sp³-hybridized carbons (Fsp3) is 0.304. The van der Waals surface area contributed by atoms with Crippen LogP contribution < -0.4 is 10.1 Å². The van der Waals surface area contributed by atoms with E-state index in [4.69, 9.17) is 60.6 Å². The molecule has 1 fully saturated rings. The minimum atomic E-state index is -1.86. The topological polar surface area (TPSA) is 111 Å². The van der Waals surface area contributed by atoms with Crippen LogP contribution in [0.4, 0.5) is 4.79 Å². The largest absolute Gasteiger partial charge is 0.484 e. The molecule has 1 heterocycles. The fourth-order valence-corrected chi connectivity index (χ4v) is 4.55. The number of carbonyl (C=O) groups excluding carboxylic acids is 4. The summed E-state index contributed by atoms with van der Waals surface area (Å²) < 4.78 is 13.6. The van der Waals surface area contributed by atoms with E-state index in [9.17, 15) is 19.2 Å². The summed E-state index contributed by atoms with van der Waals surface area (Å²) in [6.45, 7) is -1.03. The first-order valence-corrected chi connectivity index (χ1v) is 13.0. The number of carbonyl (C=O) groups is 4. The number of alkyl halides is 4. The molecule has 198 valence electrons. The Labute approximate surface area is 236 Å². The van der Waals surface area contributed by atoms with E-state index < -0.39 is 57.0 Å². The Kier molecular flexibility index (Phi) is 10.6. The Morgan fingerprint density at radius 1 is 1.00 bits per heavy atom. The number of para-hydroxylation sites is 1. The van der Waals surface area contributed by atoms with E-state index in [1.165, 1.54) is 0 Å². The molecule has 3 rings (SSSR count). The number of esters is 1. The fourth-order valence-electron chi connectivity index (χ4n) is 3.05. The standard InChI is InChI=1S/C23H20Cl4N2O7S/c24-18(21(32)35-11-14-7-3-1-4-8-14)29-19(31)17(20(29)37-22(33)36-13-23(25,26)27)28-16(30)12-34-15-9-5-2-6-10-15/h1-10,17-18,20H,11-13H2,(H,28,30). The molecule has 1 aliphatic rings. The van der Waals surface area contributed by atoms with Crippen LogP contribution in [-0.4, -0.2) is 61.9 Å². The van der Waals surface area contributed by atoms with Crippen LogP contribution in [0.1, 0.15) is 5.56 Å². The van der Waals surface area contributed by atoms with Crippen molar-refractivity contribution in [2.24, 2.45) is 0 Å². The van der Waals surface area contributed by atoms with Crippen molar-refractivity contribution < 1.29 is 33.4 Å². The maximum atomic E-state index is 12.9. The highest BCUT2D eigenvalue weighted by molar-refractivity contribution is 8.13. The summed E-state index contributed by atoms with van der Waals surface area (Å²) in [6.07, 6.45) is 0. The molecule has 0 bridgehead atoms. The number of hydrogen-bond acceptors (Lipinski definition) is 8. The van der Waals surface area contributed by atoms with Crippen LogP contribution in [0.15, 0.2) is 60.7 Å². The summed E-state index contributed by atoms with van der Waals surface area (Å²) in [5, 5.41) is 0.443. The Morgan fingerprint density at radius 3 is 2.24 bits per heavy atom. The highest BCUT2D eigenvalue weighted by Crippen LogP contribution is 2.36. The van der Waals surface area contributed by atoms with Crippen molar-refractivity contribution in [1.82, 2.24) is 10.2 Å². The summed E-state index contributed by atoms with van der Waals surface area (Å²) in [5.41, 5.74) is -0.872. The molecule has 2 aromatic carbocycles. The van der Waals surface area contributed by atoms with Crippen LogP contribution in [0.3, 0.4) is 0 Å². The van der Waals surface area contributed by atoms with Crippen molar-refractivity contribution in [2.45, 2.75) is 27.3 Å². The zero-order chi connectivity index (χ0) is 27.0. The first-order valence-electron chi connectivity index (χ1n) is 10.6. The number of nitrogens with one attached hydrogen (secondary N) is 1. The molecule has 3 unspecified atom stereocenters. The minimum Gasteiger partial charge on any atom is -0.484 e. The molecule has 0 spiro atoms. The predicted octanol–water partition coefficient (Wildman–Crippen LogP) is 4.27. The van der Waals surface area contributed by atoms with Gasteiger partial charge in [0.15, 0.2) is 6.61 Å². The highest BCUT2D eigenvalue weighted by atomic mass is 35.6. The third kappa shape index (κ3) is 8.86. The molecule has 0 radical (unpaired) electrons. The Balaban J connectivity index is 1.64. The molecule has 1 saturated heterocycles. The molecule has 1 N–H and O–H groups in total. The van der Waals surface area contributed by atoms with Crippen LogP contribution in [0, 0.1) is 0 Å². The smallest absolute Gasteiger partial charge is 0.369 e. The summed E-state index contributed by atoms with van der Waals surface area (Å²) >= 11 is 23.5. The second kappa shape index (κ2) is 13.4. The number of amides is 2. The average molecular weight is 610 g/mol. The zero-order valence-electron chi connectivity index (χ0n) is 18.9. The third-order valence-electron chi connectivity index (χ3n) is 4.74. The second-order valence-electron chi connectivity index (χ2n) is 7.48. The van der Waals surface area contributed by atoms with Gasteiger partial charge < -0.3 is 19.5 Å². The SMILES string of the molecule is O=C(COc1ccccc1)NC1C(=O)N(C(Cl)C(=O)OCc2ccccc2)C1SC(=O)OCC(Cl)(Cl)Cl. The highest BCUT2D eigenvalue weighted by Gasteiger charge is 2.54. The number of β-lactam (4-membered cyclic amide) rings is 1. The molecule has 2 aromatic rings. The van der Waals surface area contributed by atoms with Gasteiger partial charge in [-0.05, 0) is 29.5 Å². The summed E-state index contributed by atoms with van der Waals surface area (Å²) in [7, 11) is 0. The number of halogens is 4. The Morgan fingerprint density at radius 2 is 1.62 bits per heavy atom. The average Bonchev–Trinajstić information content (AvgIpc) is 2.88. The first-order chi connectivity index (χ1) is 17.5. The van der Waals surface area contributed by atoms with Crippen LogP contribution in [-0.2, 0) is 30.5 Å². The van der Waals surface area contributed by atoms with Crippen molar-refractivity contribution in [3.63, 3.8) is 0 Å². The molecule has 0 aromatic heterocycles. The van der Waals surface area contributed by atoms with Crippen molar-refractivity contribution >= 4 is 81.3 Å². The molecule has 9 nitrogen and oxygen atoms in total. The molecule has 37 heavy (non-hydrogen) atoms. The number of benzene rings is 2. The molecule has 1 aliphatic heterocycles. The normalized spacial score (nSPS) is 17.8. The van der Waals surface area contributed by atoms with E-state index in [0.29, 0.717) is 23.1 Å². The predicted molar refractivity (Wildman–Crippen MR) is 140 cm³/mol. The van der Waals surface area contributed by atoms with E-state index in [1.807, 2.05) is 0 Å². The lowest BCUT2D eigenvalue weighted by molar-refractivity contribution is -0.161. The lowest BCUT2D eigenvalue weighted by Crippen LogP contribution is -2.72. The Hall–Kier alpha value is -2.37. The monoisotopic (exact) mass is 608 g/mol. The second-order valence-corrected chi connectivity index (χ2v) is 11.5. The number of rotatable bonds is 10.